The molecule has 0 unspecified atom stereocenters. The van der Waals surface area contributed by atoms with E-state index >= 15 is 0 Å². The molecule has 20 heavy (non-hydrogen) atoms. The third kappa shape index (κ3) is 4.61. The Hall–Kier alpha value is -1.96. The van der Waals surface area contributed by atoms with Crippen LogP contribution in [-0.4, -0.2) is 51.7 Å². The van der Waals surface area contributed by atoms with Crippen LogP contribution in [0.2, 0.25) is 0 Å². The van der Waals surface area contributed by atoms with Gasteiger partial charge in [0, 0.05) is 26.0 Å². The van der Waals surface area contributed by atoms with Crippen LogP contribution < -0.4 is 5.32 Å². The summed E-state index contributed by atoms with van der Waals surface area (Å²) in [7, 11) is 1.53. The van der Waals surface area contributed by atoms with Gasteiger partial charge in [0.15, 0.2) is 5.69 Å². The van der Waals surface area contributed by atoms with Crippen molar-refractivity contribution in [3.8, 4) is 0 Å². The van der Waals surface area contributed by atoms with Crippen LogP contribution in [0.25, 0.3) is 0 Å². The number of carbonyl (C=O) groups is 2. The number of carboxylic acid groups (broad SMARTS) is 1. The molecule has 112 valence electrons. The predicted octanol–water partition coefficient (Wildman–Crippen LogP) is 0.0799. The third-order valence-corrected chi connectivity index (χ3v) is 2.58. The number of methoxy groups -OCH3 is 1. The van der Waals surface area contributed by atoms with E-state index in [-0.39, 0.29) is 30.6 Å². The van der Waals surface area contributed by atoms with Crippen LogP contribution in [-0.2, 0) is 22.5 Å². The molecule has 8 nitrogen and oxygen atoms in total. The first-order chi connectivity index (χ1) is 9.45. The first-order valence-electron chi connectivity index (χ1n) is 6.39. The van der Waals surface area contributed by atoms with Gasteiger partial charge in [-0.3, -0.25) is 4.79 Å². The highest BCUT2D eigenvalue weighted by Crippen LogP contribution is 2.08. The molecule has 1 heterocycles. The fraction of sp³-hybridized carbons (Fsp3) is 0.667. The number of nitrogens with one attached hydrogen (secondary N) is 1. The van der Waals surface area contributed by atoms with E-state index in [2.05, 4.69) is 15.6 Å². The Balaban J connectivity index is 2.73. The minimum atomic E-state index is -1.13. The smallest absolute Gasteiger partial charge is 0.358 e. The lowest BCUT2D eigenvalue weighted by Crippen LogP contribution is -2.31. The number of aromatic nitrogens is 3. The number of carboxylic acids is 1. The lowest BCUT2D eigenvalue weighted by Gasteiger charge is -2.09. The molecule has 8 heteroatoms. The van der Waals surface area contributed by atoms with Gasteiger partial charge in [-0.15, -0.1) is 5.10 Å². The first-order valence-corrected chi connectivity index (χ1v) is 6.39. The third-order valence-electron chi connectivity index (χ3n) is 2.58. The molecule has 1 rings (SSSR count). The Morgan fingerprint density at radius 3 is 2.70 bits per heavy atom. The summed E-state index contributed by atoms with van der Waals surface area (Å²) in [6.07, 6.45) is 0.609. The Bertz CT molecular complexity index is 470. The Kier molecular flexibility index (Phi) is 6.10. The normalized spacial score (nSPS) is 10.8. The standard InChI is InChI=1S/C12H20N4O4/c1-8(2)13-10(17)4-6-16-9(5-7-20-3)11(12(18)19)14-15-16/h8H,4-7H2,1-3H3,(H,13,17)(H,18,19). The SMILES string of the molecule is COCCc1c(C(=O)O)nnn1CCC(=O)NC(C)C. The molecule has 0 fully saturated rings. The van der Waals surface area contributed by atoms with Crippen molar-refractivity contribution in [2.45, 2.75) is 39.3 Å². The molecule has 0 spiro atoms. The number of nitrogens with zero attached hydrogens (tertiary/aromatic N) is 3. The van der Waals surface area contributed by atoms with Crippen LogP contribution in [0.15, 0.2) is 0 Å². The Morgan fingerprint density at radius 1 is 1.45 bits per heavy atom. The van der Waals surface area contributed by atoms with E-state index in [1.54, 1.807) is 0 Å². The van der Waals surface area contributed by atoms with Crippen molar-refractivity contribution >= 4 is 11.9 Å². The number of carbonyl (C=O) groups excluding carboxylic acids is 1. The molecule has 0 atom stereocenters. The molecule has 1 amide bonds. The number of hydrogen-bond donors (Lipinski definition) is 2. The van der Waals surface area contributed by atoms with Crippen LogP contribution in [0.4, 0.5) is 0 Å². The zero-order valence-electron chi connectivity index (χ0n) is 11.9. The number of hydrogen-bond acceptors (Lipinski definition) is 5. The fourth-order valence-electron chi connectivity index (χ4n) is 1.73. The van der Waals surface area contributed by atoms with Gasteiger partial charge >= 0.3 is 5.97 Å². The van der Waals surface area contributed by atoms with Crippen molar-refractivity contribution in [3.05, 3.63) is 11.4 Å². The summed E-state index contributed by atoms with van der Waals surface area (Å²) in [6.45, 7) is 4.41. The number of ether oxygens (including phenoxy) is 1. The molecule has 0 aliphatic rings. The van der Waals surface area contributed by atoms with Gasteiger partial charge in [0.25, 0.3) is 0 Å². The van der Waals surface area contributed by atoms with Gasteiger partial charge in [0.1, 0.15) is 0 Å². The second-order valence-corrected chi connectivity index (χ2v) is 4.63. The van der Waals surface area contributed by atoms with Gasteiger partial charge in [-0.25, -0.2) is 9.48 Å². The maximum atomic E-state index is 11.6. The molecule has 0 saturated carbocycles. The first kappa shape index (κ1) is 16.1. The van der Waals surface area contributed by atoms with E-state index < -0.39 is 5.97 Å². The highest BCUT2D eigenvalue weighted by molar-refractivity contribution is 5.86. The second kappa shape index (κ2) is 7.59. The Morgan fingerprint density at radius 2 is 2.15 bits per heavy atom. The molecule has 2 N–H and O–H groups in total. The van der Waals surface area contributed by atoms with E-state index in [1.165, 1.54) is 11.8 Å². The van der Waals surface area contributed by atoms with E-state index in [9.17, 15) is 9.59 Å². The molecule has 0 bridgehead atoms. The van der Waals surface area contributed by atoms with Gasteiger partial charge in [-0.1, -0.05) is 5.21 Å². The molecule has 1 aromatic rings. The lowest BCUT2D eigenvalue weighted by atomic mass is 10.2. The average Bonchev–Trinajstić information content (AvgIpc) is 2.76. The summed E-state index contributed by atoms with van der Waals surface area (Å²) in [4.78, 5) is 22.6. The van der Waals surface area contributed by atoms with Gasteiger partial charge < -0.3 is 15.2 Å². The van der Waals surface area contributed by atoms with Crippen LogP contribution in [0, 0.1) is 0 Å². The molecule has 0 saturated heterocycles. The Labute approximate surface area is 117 Å². The maximum absolute atomic E-state index is 11.6. The largest absolute Gasteiger partial charge is 0.476 e. The topological polar surface area (TPSA) is 106 Å². The van der Waals surface area contributed by atoms with Crippen LogP contribution in [0.1, 0.15) is 36.5 Å². The minimum Gasteiger partial charge on any atom is -0.476 e. The molecule has 0 aliphatic heterocycles. The van der Waals surface area contributed by atoms with Gasteiger partial charge in [-0.05, 0) is 13.8 Å². The highest BCUT2D eigenvalue weighted by atomic mass is 16.5. The zero-order chi connectivity index (χ0) is 15.1. The number of aryl methyl sites for hydroxylation is 1. The summed E-state index contributed by atoms with van der Waals surface area (Å²) in [5.74, 6) is -1.24. The maximum Gasteiger partial charge on any atom is 0.358 e. The monoisotopic (exact) mass is 284 g/mol. The average molecular weight is 284 g/mol. The summed E-state index contributed by atoms with van der Waals surface area (Å²) >= 11 is 0. The zero-order valence-corrected chi connectivity index (χ0v) is 11.9. The molecule has 0 radical (unpaired) electrons. The second-order valence-electron chi connectivity index (χ2n) is 4.63. The van der Waals surface area contributed by atoms with Gasteiger partial charge in [-0.2, -0.15) is 0 Å². The van der Waals surface area contributed by atoms with Crippen LogP contribution >= 0.6 is 0 Å². The van der Waals surface area contributed by atoms with E-state index in [0.29, 0.717) is 18.7 Å². The molecular weight excluding hydrogens is 264 g/mol. The summed E-state index contributed by atoms with van der Waals surface area (Å²) < 4.78 is 6.39. The summed E-state index contributed by atoms with van der Waals surface area (Å²) in [5, 5.41) is 19.2. The lowest BCUT2D eigenvalue weighted by molar-refractivity contribution is -0.121. The van der Waals surface area contributed by atoms with Crippen molar-refractivity contribution in [1.82, 2.24) is 20.3 Å². The van der Waals surface area contributed by atoms with Gasteiger partial charge in [0.2, 0.25) is 5.91 Å². The van der Waals surface area contributed by atoms with Crippen molar-refractivity contribution < 1.29 is 19.4 Å². The molecule has 0 aromatic carbocycles. The van der Waals surface area contributed by atoms with E-state index in [0.717, 1.165) is 0 Å². The van der Waals surface area contributed by atoms with E-state index in [4.69, 9.17) is 9.84 Å². The molecular formula is C12H20N4O4. The van der Waals surface area contributed by atoms with Crippen molar-refractivity contribution in [1.29, 1.82) is 0 Å². The highest BCUT2D eigenvalue weighted by Gasteiger charge is 2.19. The summed E-state index contributed by atoms with van der Waals surface area (Å²) in [6, 6.07) is 0.0702. The van der Waals surface area contributed by atoms with Gasteiger partial charge in [0.05, 0.1) is 18.8 Å². The molecule has 1 aromatic heterocycles. The number of aromatic carboxylic acids is 1. The molecule has 0 aliphatic carbocycles. The quantitative estimate of drug-likeness (QED) is 0.700. The summed E-state index contributed by atoms with van der Waals surface area (Å²) in [5.41, 5.74) is 0.378. The number of amides is 1. The van der Waals surface area contributed by atoms with Crippen molar-refractivity contribution in [3.63, 3.8) is 0 Å². The fourth-order valence-corrected chi connectivity index (χ4v) is 1.73. The van der Waals surface area contributed by atoms with Crippen LogP contribution in [0.5, 0.6) is 0 Å². The van der Waals surface area contributed by atoms with Crippen molar-refractivity contribution in [2.24, 2.45) is 0 Å². The van der Waals surface area contributed by atoms with E-state index in [1.807, 2.05) is 13.8 Å². The predicted molar refractivity (Wildman–Crippen MR) is 70.5 cm³/mol. The minimum absolute atomic E-state index is 0.0702. The van der Waals surface area contributed by atoms with Crippen molar-refractivity contribution in [2.75, 3.05) is 13.7 Å². The van der Waals surface area contributed by atoms with Crippen LogP contribution in [0.3, 0.4) is 0 Å². The number of rotatable bonds is 8.